The summed E-state index contributed by atoms with van der Waals surface area (Å²) < 4.78 is 0. The van der Waals surface area contributed by atoms with Gasteiger partial charge >= 0.3 is 5.97 Å². The molecule has 8 saturated carbocycles. The second-order valence-corrected chi connectivity index (χ2v) is 15.8. The Hall–Kier alpha value is 0.562. The molecule has 0 aromatic carbocycles. The monoisotopic (exact) mass is 522 g/mol. The van der Waals surface area contributed by atoms with E-state index in [0.29, 0.717) is 6.42 Å². The molecule has 0 radical (unpaired) electrons. The summed E-state index contributed by atoms with van der Waals surface area (Å²) in [5.74, 6) is 5.85. The Morgan fingerprint density at radius 1 is 0.667 bits per heavy atom. The molecular weight excluding hydrogens is 482 g/mol. The van der Waals surface area contributed by atoms with Crippen LogP contribution < -0.4 is 0 Å². The molecule has 0 aromatic rings. The smallest absolute Gasteiger partial charge is 0.303 e. The normalized spacial score (nSPS) is 48.5. The van der Waals surface area contributed by atoms with E-state index in [1.807, 2.05) is 0 Å². The van der Waals surface area contributed by atoms with Gasteiger partial charge in [-0.1, -0.05) is 14.3 Å². The molecule has 8 fully saturated rings. The molecule has 8 aliphatic rings. The van der Waals surface area contributed by atoms with E-state index >= 15 is 0 Å². The topological polar surface area (TPSA) is 37.3 Å². The predicted octanol–water partition coefficient (Wildman–Crippen LogP) is 7.05. The van der Waals surface area contributed by atoms with Crippen molar-refractivity contribution in [3.63, 3.8) is 0 Å². The van der Waals surface area contributed by atoms with Gasteiger partial charge in [-0.05, 0) is 142 Å². The molecule has 8 bridgehead atoms. The zero-order valence-electron chi connectivity index (χ0n) is 18.6. The summed E-state index contributed by atoms with van der Waals surface area (Å²) in [6.45, 7) is 0. The first-order valence-corrected chi connectivity index (χ1v) is 14.5. The van der Waals surface area contributed by atoms with Crippen LogP contribution in [0.2, 0.25) is 0 Å². The summed E-state index contributed by atoms with van der Waals surface area (Å²) in [5, 5.41) is 10.5. The van der Waals surface area contributed by atoms with Crippen LogP contribution in [0.3, 0.4) is 0 Å². The number of hydrogen-bond donors (Lipinski definition) is 1. The number of carboxylic acids is 1. The van der Waals surface area contributed by atoms with Crippen LogP contribution in [0.25, 0.3) is 0 Å². The fraction of sp³-hybridized carbons (Fsp3) is 0.962. The minimum absolute atomic E-state index is 0. The van der Waals surface area contributed by atoms with Crippen LogP contribution in [0.4, 0.5) is 0 Å². The Balaban J connectivity index is 0.00000193. The van der Waals surface area contributed by atoms with E-state index in [-0.39, 0.29) is 28.3 Å². The van der Waals surface area contributed by atoms with Gasteiger partial charge in [-0.3, -0.25) is 4.79 Å². The molecule has 2 nitrogen and oxygen atoms in total. The Morgan fingerprint density at radius 3 is 1.37 bits per heavy atom. The third-order valence-electron chi connectivity index (χ3n) is 10.4. The summed E-state index contributed by atoms with van der Waals surface area (Å²) in [4.78, 5) is 11.0. The van der Waals surface area contributed by atoms with Crippen LogP contribution in [0.5, 0.6) is 0 Å². The number of aliphatic carboxylic acids is 1. The fourth-order valence-corrected chi connectivity index (χ4v) is 15.9. The minimum atomic E-state index is -0.602. The molecule has 0 spiro atoms. The maximum Gasteiger partial charge on any atom is 0.303 e. The van der Waals surface area contributed by atoms with Gasteiger partial charge in [-0.2, -0.15) is 0 Å². The molecule has 8 aliphatic carbocycles. The average molecular weight is 523 g/mol. The number of carbonyl (C=O) groups is 1. The van der Waals surface area contributed by atoms with E-state index in [4.69, 9.17) is 5.11 Å². The van der Waals surface area contributed by atoms with Gasteiger partial charge in [-0.15, -0.1) is 0 Å². The van der Waals surface area contributed by atoms with Gasteiger partial charge in [-0.25, -0.2) is 0 Å². The second-order valence-electron chi connectivity index (χ2n) is 12.6. The SMILES string of the molecule is O=C(O)CCCCCP(C12CC3CC(CC(C3)C1)C2)C12CC3CC(CC(C3)C1)C2.[Pd]. The van der Waals surface area contributed by atoms with Crippen molar-refractivity contribution in [3.8, 4) is 0 Å². The quantitative estimate of drug-likeness (QED) is 0.211. The van der Waals surface area contributed by atoms with Gasteiger partial charge in [0.15, 0.2) is 0 Å². The second kappa shape index (κ2) is 8.41. The van der Waals surface area contributed by atoms with E-state index in [9.17, 15) is 4.79 Å². The maximum absolute atomic E-state index is 11.0. The molecule has 4 heteroatoms. The van der Waals surface area contributed by atoms with Crippen molar-refractivity contribution < 1.29 is 30.3 Å². The number of carboxylic acid groups (broad SMARTS) is 1. The molecule has 30 heavy (non-hydrogen) atoms. The van der Waals surface area contributed by atoms with Gasteiger partial charge in [0, 0.05) is 26.8 Å². The van der Waals surface area contributed by atoms with Crippen molar-refractivity contribution in [1.29, 1.82) is 0 Å². The molecular formula is C26H41O2PPd. The van der Waals surface area contributed by atoms with Crippen molar-refractivity contribution in [2.75, 3.05) is 6.16 Å². The zero-order chi connectivity index (χ0) is 19.6. The molecule has 0 unspecified atom stereocenters. The Morgan fingerprint density at radius 2 is 1.03 bits per heavy atom. The van der Waals surface area contributed by atoms with Gasteiger partial charge in [0.25, 0.3) is 0 Å². The van der Waals surface area contributed by atoms with Crippen LogP contribution in [-0.2, 0) is 25.2 Å². The Kier molecular flexibility index (Phi) is 6.27. The van der Waals surface area contributed by atoms with E-state index in [0.717, 1.165) is 58.7 Å². The first-order chi connectivity index (χ1) is 14.0. The molecule has 0 saturated heterocycles. The minimum Gasteiger partial charge on any atom is -0.481 e. The van der Waals surface area contributed by atoms with Gasteiger partial charge in [0.1, 0.15) is 0 Å². The predicted molar refractivity (Wildman–Crippen MR) is 120 cm³/mol. The van der Waals surface area contributed by atoms with E-state index < -0.39 is 5.97 Å². The van der Waals surface area contributed by atoms with E-state index in [1.54, 1.807) is 77.0 Å². The summed E-state index contributed by atoms with van der Waals surface area (Å²) in [7, 11) is 0.112. The number of unbranched alkanes of at least 4 members (excludes halogenated alkanes) is 2. The van der Waals surface area contributed by atoms with Gasteiger partial charge < -0.3 is 5.11 Å². The van der Waals surface area contributed by atoms with Crippen LogP contribution in [0.1, 0.15) is 103 Å². The van der Waals surface area contributed by atoms with E-state index in [2.05, 4.69) is 0 Å². The average Bonchev–Trinajstić information content (AvgIpc) is 2.61. The number of hydrogen-bond acceptors (Lipinski definition) is 1. The van der Waals surface area contributed by atoms with Crippen molar-refractivity contribution in [2.24, 2.45) is 35.5 Å². The zero-order valence-corrected chi connectivity index (χ0v) is 21.1. The van der Waals surface area contributed by atoms with Gasteiger partial charge in [0.2, 0.25) is 0 Å². The molecule has 0 atom stereocenters. The van der Waals surface area contributed by atoms with Crippen LogP contribution in [-0.4, -0.2) is 27.5 Å². The molecule has 1 N–H and O–H groups in total. The van der Waals surface area contributed by atoms with Crippen molar-refractivity contribution in [2.45, 2.75) is 113 Å². The molecule has 8 rings (SSSR count). The summed E-state index contributed by atoms with van der Waals surface area (Å²) >= 11 is 0. The molecule has 0 amide bonds. The first kappa shape index (κ1) is 22.4. The summed E-state index contributed by atoms with van der Waals surface area (Å²) in [6, 6.07) is 0. The van der Waals surface area contributed by atoms with Crippen molar-refractivity contribution >= 4 is 13.9 Å². The van der Waals surface area contributed by atoms with E-state index in [1.165, 1.54) is 12.6 Å². The molecule has 172 valence electrons. The Labute approximate surface area is 198 Å². The Bertz CT molecular complexity index is 547. The largest absolute Gasteiger partial charge is 0.481 e. The summed E-state index contributed by atoms with van der Waals surface area (Å²) in [5.41, 5.74) is 0. The van der Waals surface area contributed by atoms with Gasteiger partial charge in [0.05, 0.1) is 0 Å². The van der Waals surface area contributed by atoms with Crippen LogP contribution in [0, 0.1) is 35.5 Å². The maximum atomic E-state index is 11.0. The third-order valence-corrected chi connectivity index (χ3v) is 14.6. The first-order valence-electron chi connectivity index (χ1n) is 13.0. The molecule has 0 aliphatic heterocycles. The molecule has 0 aromatic heterocycles. The van der Waals surface area contributed by atoms with Crippen molar-refractivity contribution in [3.05, 3.63) is 0 Å². The third kappa shape index (κ3) is 3.90. The fourth-order valence-electron chi connectivity index (χ4n) is 10.5. The summed E-state index contributed by atoms with van der Waals surface area (Å²) in [6.07, 6.45) is 24.3. The van der Waals surface area contributed by atoms with Crippen molar-refractivity contribution in [1.82, 2.24) is 0 Å². The van der Waals surface area contributed by atoms with Crippen LogP contribution in [0.15, 0.2) is 0 Å². The standard InChI is InChI=1S/C26H41O2P.Pd/c27-24(28)4-2-1-3-5-29(25-12-18-6-19(13-25)8-20(7-18)14-25)26-15-21-9-22(16-26)11-23(10-21)17-26;/h18-23H,1-17H2,(H,27,28);. The molecule has 0 heterocycles. The number of rotatable bonds is 8. The van der Waals surface area contributed by atoms with Crippen LogP contribution >= 0.6 is 7.92 Å².